The zero-order chi connectivity index (χ0) is 13.1. The van der Waals surface area contributed by atoms with Crippen molar-refractivity contribution in [2.75, 3.05) is 7.05 Å². The monoisotopic (exact) mass is 310 g/mol. The minimum Gasteiger partial charge on any atom is -0.337 e. The normalized spacial score (nSPS) is 23.7. The second-order valence-electron chi connectivity index (χ2n) is 5.18. The molecule has 3 nitrogen and oxygen atoms in total. The van der Waals surface area contributed by atoms with Crippen LogP contribution in [0.2, 0.25) is 0 Å². The fourth-order valence-corrected chi connectivity index (χ4v) is 2.85. The summed E-state index contributed by atoms with van der Waals surface area (Å²) >= 11 is 3.30. The van der Waals surface area contributed by atoms with Crippen molar-refractivity contribution >= 4 is 21.8 Å². The molecule has 0 aliphatic heterocycles. The van der Waals surface area contributed by atoms with Crippen LogP contribution in [0.4, 0.5) is 0 Å². The van der Waals surface area contributed by atoms with Crippen LogP contribution in [0.1, 0.15) is 43.1 Å². The number of hydrogen-bond donors (Lipinski definition) is 0. The lowest BCUT2D eigenvalue weighted by molar-refractivity contribution is 0.0673. The standard InChI is InChI=1S/C14H19BrN2O/c1-10-6-8-11(9-7-10)17(2)14(18)12-4-3-5-13(15)16-12/h3-5,10-11H,6-9H2,1-2H3. The van der Waals surface area contributed by atoms with E-state index in [2.05, 4.69) is 27.8 Å². The Balaban J connectivity index is 2.04. The Bertz CT molecular complexity index is 428. The van der Waals surface area contributed by atoms with Crippen molar-refractivity contribution in [1.29, 1.82) is 0 Å². The molecule has 1 fully saturated rings. The Morgan fingerprint density at radius 2 is 2.00 bits per heavy atom. The van der Waals surface area contributed by atoms with Gasteiger partial charge in [0.05, 0.1) is 0 Å². The predicted octanol–water partition coefficient (Wildman–Crippen LogP) is 3.49. The lowest BCUT2D eigenvalue weighted by Crippen LogP contribution is -2.39. The average molecular weight is 311 g/mol. The summed E-state index contributed by atoms with van der Waals surface area (Å²) in [4.78, 5) is 18.4. The molecule has 1 saturated carbocycles. The summed E-state index contributed by atoms with van der Waals surface area (Å²) in [5.74, 6) is 0.824. The third-order valence-electron chi connectivity index (χ3n) is 3.79. The van der Waals surface area contributed by atoms with Gasteiger partial charge in [-0.05, 0) is 59.7 Å². The van der Waals surface area contributed by atoms with Crippen LogP contribution in [0.15, 0.2) is 22.8 Å². The van der Waals surface area contributed by atoms with Crippen LogP contribution in [-0.2, 0) is 0 Å². The number of halogens is 1. The van der Waals surface area contributed by atoms with Crippen molar-refractivity contribution in [2.24, 2.45) is 5.92 Å². The van der Waals surface area contributed by atoms with Crippen LogP contribution in [0.3, 0.4) is 0 Å². The van der Waals surface area contributed by atoms with Crippen LogP contribution in [0.5, 0.6) is 0 Å². The Morgan fingerprint density at radius 3 is 2.61 bits per heavy atom. The third kappa shape index (κ3) is 3.10. The van der Waals surface area contributed by atoms with E-state index in [1.54, 1.807) is 6.07 Å². The number of pyridine rings is 1. The Hall–Kier alpha value is -0.900. The number of carbonyl (C=O) groups excluding carboxylic acids is 1. The maximum absolute atomic E-state index is 12.3. The molecule has 0 N–H and O–H groups in total. The van der Waals surface area contributed by atoms with E-state index < -0.39 is 0 Å². The summed E-state index contributed by atoms with van der Waals surface area (Å²) < 4.78 is 0.707. The Labute approximate surface area is 117 Å². The van der Waals surface area contributed by atoms with Gasteiger partial charge >= 0.3 is 0 Å². The summed E-state index contributed by atoms with van der Waals surface area (Å²) in [6.07, 6.45) is 4.65. The molecule has 18 heavy (non-hydrogen) atoms. The van der Waals surface area contributed by atoms with E-state index in [-0.39, 0.29) is 5.91 Å². The topological polar surface area (TPSA) is 33.2 Å². The Kier molecular flexibility index (Phi) is 4.38. The number of nitrogens with zero attached hydrogens (tertiary/aromatic N) is 2. The van der Waals surface area contributed by atoms with Crippen LogP contribution < -0.4 is 0 Å². The van der Waals surface area contributed by atoms with Crippen molar-refractivity contribution in [1.82, 2.24) is 9.88 Å². The van der Waals surface area contributed by atoms with E-state index in [1.165, 1.54) is 12.8 Å². The molecule has 4 heteroatoms. The van der Waals surface area contributed by atoms with Crippen molar-refractivity contribution in [2.45, 2.75) is 38.6 Å². The molecule has 1 aromatic rings. The summed E-state index contributed by atoms with van der Waals surface area (Å²) in [5.41, 5.74) is 0.519. The van der Waals surface area contributed by atoms with Gasteiger partial charge in [0.2, 0.25) is 0 Å². The summed E-state index contributed by atoms with van der Waals surface area (Å²) in [6, 6.07) is 5.82. The largest absolute Gasteiger partial charge is 0.337 e. The van der Waals surface area contributed by atoms with Gasteiger partial charge in [0.15, 0.2) is 0 Å². The van der Waals surface area contributed by atoms with Gasteiger partial charge in [-0.25, -0.2) is 4.98 Å². The van der Waals surface area contributed by atoms with E-state index in [1.807, 2.05) is 24.1 Å². The molecule has 0 saturated heterocycles. The van der Waals surface area contributed by atoms with Crippen molar-refractivity contribution in [3.8, 4) is 0 Å². The first kappa shape index (κ1) is 13.5. The number of aromatic nitrogens is 1. The predicted molar refractivity (Wildman–Crippen MR) is 75.5 cm³/mol. The smallest absolute Gasteiger partial charge is 0.272 e. The number of rotatable bonds is 2. The summed E-state index contributed by atoms with van der Waals surface area (Å²) in [5, 5.41) is 0. The van der Waals surface area contributed by atoms with Crippen LogP contribution >= 0.6 is 15.9 Å². The SMILES string of the molecule is CC1CCC(N(C)C(=O)c2cccc(Br)n2)CC1. The average Bonchev–Trinajstić information content (AvgIpc) is 2.38. The van der Waals surface area contributed by atoms with E-state index in [9.17, 15) is 4.79 Å². The van der Waals surface area contributed by atoms with E-state index in [4.69, 9.17) is 0 Å². The zero-order valence-corrected chi connectivity index (χ0v) is 12.5. The van der Waals surface area contributed by atoms with Crippen molar-refractivity contribution < 1.29 is 4.79 Å². The summed E-state index contributed by atoms with van der Waals surface area (Å²) in [7, 11) is 1.89. The van der Waals surface area contributed by atoms with Gasteiger partial charge in [0.1, 0.15) is 10.3 Å². The molecule has 1 aliphatic carbocycles. The highest BCUT2D eigenvalue weighted by molar-refractivity contribution is 9.10. The van der Waals surface area contributed by atoms with Crippen LogP contribution in [0, 0.1) is 5.92 Å². The van der Waals surface area contributed by atoms with Crippen molar-refractivity contribution in [3.05, 3.63) is 28.5 Å². The van der Waals surface area contributed by atoms with Gasteiger partial charge in [0.25, 0.3) is 5.91 Å². The van der Waals surface area contributed by atoms with Gasteiger partial charge in [-0.15, -0.1) is 0 Å². The third-order valence-corrected chi connectivity index (χ3v) is 4.23. The van der Waals surface area contributed by atoms with Crippen LogP contribution in [-0.4, -0.2) is 28.9 Å². The molecule has 0 unspecified atom stereocenters. The fourth-order valence-electron chi connectivity index (χ4n) is 2.50. The molecule has 0 bridgehead atoms. The summed E-state index contributed by atoms with van der Waals surface area (Å²) in [6.45, 7) is 2.29. The molecular weight excluding hydrogens is 292 g/mol. The molecule has 1 aromatic heterocycles. The van der Waals surface area contributed by atoms with Crippen molar-refractivity contribution in [3.63, 3.8) is 0 Å². The minimum atomic E-state index is 0.0239. The van der Waals surface area contributed by atoms with E-state index in [0.717, 1.165) is 18.8 Å². The molecule has 1 heterocycles. The molecular formula is C14H19BrN2O. The maximum atomic E-state index is 12.3. The van der Waals surface area contributed by atoms with E-state index in [0.29, 0.717) is 16.3 Å². The molecule has 2 rings (SSSR count). The highest BCUT2D eigenvalue weighted by atomic mass is 79.9. The molecule has 0 atom stereocenters. The molecule has 0 radical (unpaired) electrons. The minimum absolute atomic E-state index is 0.0239. The molecule has 98 valence electrons. The number of amides is 1. The Morgan fingerprint density at radius 1 is 1.33 bits per heavy atom. The highest BCUT2D eigenvalue weighted by Gasteiger charge is 2.25. The maximum Gasteiger partial charge on any atom is 0.272 e. The molecule has 1 amide bonds. The second-order valence-corrected chi connectivity index (χ2v) is 5.99. The second kappa shape index (κ2) is 5.83. The van der Waals surface area contributed by atoms with Gasteiger partial charge in [-0.1, -0.05) is 13.0 Å². The first-order chi connectivity index (χ1) is 8.58. The van der Waals surface area contributed by atoms with Gasteiger partial charge in [-0.2, -0.15) is 0 Å². The number of hydrogen-bond acceptors (Lipinski definition) is 2. The molecule has 0 aromatic carbocycles. The lowest BCUT2D eigenvalue weighted by atomic mass is 9.86. The van der Waals surface area contributed by atoms with Gasteiger partial charge < -0.3 is 4.90 Å². The zero-order valence-electron chi connectivity index (χ0n) is 10.9. The molecule has 1 aliphatic rings. The highest BCUT2D eigenvalue weighted by Crippen LogP contribution is 2.27. The van der Waals surface area contributed by atoms with Gasteiger partial charge in [0, 0.05) is 13.1 Å². The van der Waals surface area contributed by atoms with Crippen LogP contribution in [0.25, 0.3) is 0 Å². The van der Waals surface area contributed by atoms with E-state index >= 15 is 0 Å². The lowest BCUT2D eigenvalue weighted by Gasteiger charge is -2.33. The first-order valence-electron chi connectivity index (χ1n) is 6.47. The first-order valence-corrected chi connectivity index (χ1v) is 7.27. The van der Waals surface area contributed by atoms with Gasteiger partial charge in [-0.3, -0.25) is 4.79 Å². The fraction of sp³-hybridized carbons (Fsp3) is 0.571. The quantitative estimate of drug-likeness (QED) is 0.783. The number of carbonyl (C=O) groups is 1. The molecule has 0 spiro atoms.